The second-order valence-electron chi connectivity index (χ2n) is 6.48. The molecule has 2 amide bonds. The molecule has 2 aliphatic rings. The fourth-order valence-corrected chi connectivity index (χ4v) is 3.24. The van der Waals surface area contributed by atoms with Gasteiger partial charge in [-0.3, -0.25) is 24.6 Å². The average molecular weight is 386 g/mol. The molecule has 10 heteroatoms. The molecule has 0 aromatic heterocycles. The Bertz CT molecular complexity index is 851. The molecule has 1 aliphatic carbocycles. The minimum atomic E-state index is -0.751. The number of non-ortho nitro benzene ring substituents is 1. The summed E-state index contributed by atoms with van der Waals surface area (Å²) in [5, 5.41) is 14.1. The zero-order chi connectivity index (χ0) is 20.3. The lowest BCUT2D eigenvalue weighted by Gasteiger charge is -2.14. The van der Waals surface area contributed by atoms with Crippen LogP contribution in [0.4, 0.5) is 5.69 Å². The molecule has 1 aliphatic heterocycles. The van der Waals surface area contributed by atoms with Crippen LogP contribution in [0.1, 0.15) is 24.8 Å². The van der Waals surface area contributed by atoms with Crippen LogP contribution in [0, 0.1) is 22.0 Å². The van der Waals surface area contributed by atoms with Crippen LogP contribution in [0.15, 0.2) is 41.6 Å². The van der Waals surface area contributed by atoms with Crippen LogP contribution >= 0.6 is 0 Å². The smallest absolute Gasteiger partial charge is 0.336 e. The molecule has 28 heavy (non-hydrogen) atoms. The Balaban J connectivity index is 1.53. The zero-order valence-electron chi connectivity index (χ0n) is 14.8. The first-order chi connectivity index (χ1) is 13.4. The Morgan fingerprint density at radius 1 is 1.18 bits per heavy atom. The summed E-state index contributed by atoms with van der Waals surface area (Å²) in [5.74, 6) is -2.09. The number of amidine groups is 1. The summed E-state index contributed by atoms with van der Waals surface area (Å²) < 4.78 is 0. The summed E-state index contributed by atoms with van der Waals surface area (Å²) in [5.41, 5.74) is 5.93. The SMILES string of the molecule is N/C(=N/OC(=O)CCN1C(=O)[C@H]2CC=CC[C@H]2C1=O)c1ccc([N+](=O)[O-])cc1. The first kappa shape index (κ1) is 19.2. The third-order valence-corrected chi connectivity index (χ3v) is 4.76. The normalized spacial score (nSPS) is 21.6. The van der Waals surface area contributed by atoms with Gasteiger partial charge in [0.25, 0.3) is 5.69 Å². The van der Waals surface area contributed by atoms with Gasteiger partial charge in [-0.25, -0.2) is 4.79 Å². The fraction of sp³-hybridized carbons (Fsp3) is 0.333. The minimum Gasteiger partial charge on any atom is -0.380 e. The molecule has 1 aromatic carbocycles. The molecule has 10 nitrogen and oxygen atoms in total. The first-order valence-corrected chi connectivity index (χ1v) is 8.67. The molecule has 0 spiro atoms. The number of oxime groups is 1. The van der Waals surface area contributed by atoms with Crippen LogP contribution in [-0.4, -0.2) is 40.0 Å². The molecule has 2 N–H and O–H groups in total. The van der Waals surface area contributed by atoms with Gasteiger partial charge >= 0.3 is 5.97 Å². The predicted molar refractivity (Wildman–Crippen MR) is 96.6 cm³/mol. The molecule has 0 bridgehead atoms. The zero-order valence-corrected chi connectivity index (χ0v) is 14.8. The molecular weight excluding hydrogens is 368 g/mol. The number of imide groups is 1. The first-order valence-electron chi connectivity index (χ1n) is 8.67. The molecule has 0 saturated carbocycles. The van der Waals surface area contributed by atoms with Crippen LogP contribution in [0.25, 0.3) is 0 Å². The van der Waals surface area contributed by atoms with E-state index in [4.69, 9.17) is 10.6 Å². The Labute approximate surface area is 159 Å². The van der Waals surface area contributed by atoms with Gasteiger partial charge in [-0.15, -0.1) is 0 Å². The summed E-state index contributed by atoms with van der Waals surface area (Å²) >= 11 is 0. The van der Waals surface area contributed by atoms with Crippen LogP contribution < -0.4 is 5.73 Å². The second-order valence-corrected chi connectivity index (χ2v) is 6.48. The monoisotopic (exact) mass is 386 g/mol. The van der Waals surface area contributed by atoms with Crippen molar-refractivity contribution in [1.82, 2.24) is 4.90 Å². The Morgan fingerprint density at radius 2 is 1.75 bits per heavy atom. The van der Waals surface area contributed by atoms with Crippen LogP contribution in [0.5, 0.6) is 0 Å². The van der Waals surface area contributed by atoms with E-state index in [1.165, 1.54) is 24.3 Å². The van der Waals surface area contributed by atoms with Crippen molar-refractivity contribution in [2.24, 2.45) is 22.7 Å². The largest absolute Gasteiger partial charge is 0.380 e. The number of nitro groups is 1. The molecule has 3 rings (SSSR count). The van der Waals surface area contributed by atoms with Crippen molar-refractivity contribution in [3.63, 3.8) is 0 Å². The van der Waals surface area contributed by atoms with E-state index in [-0.39, 0.29) is 48.1 Å². The highest BCUT2D eigenvalue weighted by atomic mass is 16.7. The predicted octanol–water partition coefficient (Wildman–Crippen LogP) is 1.10. The lowest BCUT2D eigenvalue weighted by atomic mass is 9.85. The number of nitro benzene ring substituents is 1. The molecule has 1 heterocycles. The van der Waals surface area contributed by atoms with E-state index in [2.05, 4.69) is 5.16 Å². The summed E-state index contributed by atoms with van der Waals surface area (Å²) in [7, 11) is 0. The van der Waals surface area contributed by atoms with Gasteiger partial charge in [0, 0.05) is 24.2 Å². The van der Waals surface area contributed by atoms with E-state index in [1.54, 1.807) is 0 Å². The van der Waals surface area contributed by atoms with Gasteiger partial charge in [0.1, 0.15) is 0 Å². The summed E-state index contributed by atoms with van der Waals surface area (Å²) in [6, 6.07) is 5.25. The Kier molecular flexibility index (Phi) is 5.48. The summed E-state index contributed by atoms with van der Waals surface area (Å²) in [6.45, 7) is -0.0730. The molecule has 0 unspecified atom stereocenters. The molecule has 1 aromatic rings. The molecular formula is C18H18N4O6. The Hall–Kier alpha value is -3.56. The van der Waals surface area contributed by atoms with E-state index in [9.17, 15) is 24.5 Å². The van der Waals surface area contributed by atoms with Gasteiger partial charge < -0.3 is 10.6 Å². The molecule has 146 valence electrons. The van der Waals surface area contributed by atoms with E-state index in [0.717, 1.165) is 4.90 Å². The van der Waals surface area contributed by atoms with Gasteiger partial charge in [0.2, 0.25) is 11.8 Å². The van der Waals surface area contributed by atoms with E-state index < -0.39 is 10.9 Å². The van der Waals surface area contributed by atoms with E-state index in [1.807, 2.05) is 12.2 Å². The number of nitrogens with zero attached hydrogens (tertiary/aromatic N) is 3. The lowest BCUT2D eigenvalue weighted by Crippen LogP contribution is -2.33. The maximum atomic E-state index is 12.3. The topological polar surface area (TPSA) is 145 Å². The van der Waals surface area contributed by atoms with Crippen molar-refractivity contribution in [3.05, 3.63) is 52.1 Å². The standard InChI is InChI=1S/C18H18N4O6/c19-16(11-5-7-12(8-6-11)22(26)27)20-28-15(23)9-10-21-17(24)13-3-1-2-4-14(13)18(21)25/h1-2,5-8,13-14H,3-4,9-10H2,(H2,19,20)/t13-,14+. The second kappa shape index (κ2) is 7.99. The molecule has 2 atom stereocenters. The number of carbonyl (C=O) groups excluding carboxylic acids is 3. The molecule has 0 radical (unpaired) electrons. The van der Waals surface area contributed by atoms with Crippen LogP contribution in [0.3, 0.4) is 0 Å². The number of nitrogens with two attached hydrogens (primary N) is 1. The fourth-order valence-electron chi connectivity index (χ4n) is 3.24. The highest BCUT2D eigenvalue weighted by Gasteiger charge is 2.46. The van der Waals surface area contributed by atoms with Gasteiger partial charge in [-0.1, -0.05) is 17.3 Å². The van der Waals surface area contributed by atoms with Crippen molar-refractivity contribution in [2.45, 2.75) is 19.3 Å². The van der Waals surface area contributed by atoms with Crippen LogP contribution in [0.2, 0.25) is 0 Å². The lowest BCUT2D eigenvalue weighted by molar-refractivity contribution is -0.384. The number of fused-ring (bicyclic) bond motifs is 1. The maximum Gasteiger partial charge on any atom is 0.336 e. The highest BCUT2D eigenvalue weighted by molar-refractivity contribution is 6.05. The third kappa shape index (κ3) is 3.90. The van der Waals surface area contributed by atoms with E-state index >= 15 is 0 Å². The molecule has 1 fully saturated rings. The van der Waals surface area contributed by atoms with E-state index in [0.29, 0.717) is 18.4 Å². The summed E-state index contributed by atoms with van der Waals surface area (Å²) in [4.78, 5) is 52.4. The average Bonchev–Trinajstić information content (AvgIpc) is 2.95. The number of hydrogen-bond donors (Lipinski definition) is 1. The van der Waals surface area contributed by atoms with Crippen molar-refractivity contribution in [1.29, 1.82) is 0 Å². The highest BCUT2D eigenvalue weighted by Crippen LogP contribution is 2.34. The van der Waals surface area contributed by atoms with Gasteiger partial charge in [-0.05, 0) is 25.0 Å². The third-order valence-electron chi connectivity index (χ3n) is 4.76. The summed E-state index contributed by atoms with van der Waals surface area (Å²) in [6.07, 6.45) is 4.64. The number of hydrogen-bond acceptors (Lipinski definition) is 7. The van der Waals surface area contributed by atoms with Gasteiger partial charge in [0.05, 0.1) is 23.2 Å². The number of benzene rings is 1. The number of carbonyl (C=O) groups is 3. The van der Waals surface area contributed by atoms with Crippen molar-refractivity contribution < 1.29 is 24.1 Å². The van der Waals surface area contributed by atoms with Gasteiger partial charge in [-0.2, -0.15) is 0 Å². The number of amides is 2. The number of rotatable bonds is 6. The maximum absolute atomic E-state index is 12.3. The van der Waals surface area contributed by atoms with Crippen molar-refractivity contribution in [2.75, 3.05) is 6.54 Å². The Morgan fingerprint density at radius 3 is 2.29 bits per heavy atom. The quantitative estimate of drug-likeness (QED) is 0.146. The minimum absolute atomic E-state index is 0.0730. The number of allylic oxidation sites excluding steroid dienone is 2. The number of likely N-dealkylation sites (tertiary alicyclic amines) is 1. The van der Waals surface area contributed by atoms with Crippen molar-refractivity contribution >= 4 is 29.3 Å². The van der Waals surface area contributed by atoms with Gasteiger partial charge in [0.15, 0.2) is 5.84 Å². The van der Waals surface area contributed by atoms with Crippen LogP contribution in [-0.2, 0) is 19.2 Å². The van der Waals surface area contributed by atoms with Crippen molar-refractivity contribution in [3.8, 4) is 0 Å². The molecule has 1 saturated heterocycles.